The molecule has 158 valence electrons. The zero-order valence-corrected chi connectivity index (χ0v) is 19.6. The minimum atomic E-state index is -1.65. The number of anilines is 1. The number of rotatable bonds is 5. The minimum Gasteiger partial charge on any atom is -0.588 e. The lowest BCUT2D eigenvalue weighted by molar-refractivity contribution is 0.482. The first-order chi connectivity index (χ1) is 14.9. The SMILES string of the molecule is [O-][S+](Nc1cc(Cl)c(Oc2cnc3ccccc3c2)c(Cl)c1)C1=CC=C(Cl)CC=C1Cl. The minimum absolute atomic E-state index is 0.250. The highest BCUT2D eigenvalue weighted by molar-refractivity contribution is 7.96. The van der Waals surface area contributed by atoms with Crippen LogP contribution in [0.5, 0.6) is 11.5 Å². The number of aromatic nitrogens is 1. The van der Waals surface area contributed by atoms with Crippen molar-refractivity contribution in [2.45, 2.75) is 6.42 Å². The number of ether oxygens (including phenoxy) is 1. The summed E-state index contributed by atoms with van der Waals surface area (Å²) in [4.78, 5) is 4.76. The number of benzene rings is 2. The van der Waals surface area contributed by atoms with Gasteiger partial charge in [-0.05, 0) is 36.4 Å². The average Bonchev–Trinajstić information content (AvgIpc) is 2.91. The molecule has 0 fully saturated rings. The summed E-state index contributed by atoms with van der Waals surface area (Å²) >= 11 is 23.4. The molecule has 4 nitrogen and oxygen atoms in total. The topological polar surface area (TPSA) is 57.2 Å². The molecule has 1 aliphatic rings. The molecule has 0 bridgehead atoms. The Morgan fingerprint density at radius 3 is 2.52 bits per heavy atom. The van der Waals surface area contributed by atoms with Crippen LogP contribution in [0.25, 0.3) is 10.9 Å². The molecule has 1 aromatic heterocycles. The molecule has 0 radical (unpaired) electrons. The van der Waals surface area contributed by atoms with Crippen LogP contribution in [0, 0.1) is 0 Å². The molecule has 31 heavy (non-hydrogen) atoms. The highest BCUT2D eigenvalue weighted by atomic mass is 35.5. The Kier molecular flexibility index (Phi) is 7.02. The fraction of sp³-hybridized carbons (Fsp3) is 0.0455. The molecular weight excluding hydrogens is 498 g/mol. The van der Waals surface area contributed by atoms with Crippen molar-refractivity contribution in [1.29, 1.82) is 0 Å². The van der Waals surface area contributed by atoms with Crippen LogP contribution in [-0.2, 0) is 11.4 Å². The van der Waals surface area contributed by atoms with Crippen LogP contribution in [-0.4, -0.2) is 9.54 Å². The summed E-state index contributed by atoms with van der Waals surface area (Å²) in [6.07, 6.45) is 7.06. The third-order valence-electron chi connectivity index (χ3n) is 4.32. The quantitative estimate of drug-likeness (QED) is 0.353. The van der Waals surface area contributed by atoms with Crippen molar-refractivity contribution in [3.8, 4) is 11.5 Å². The van der Waals surface area contributed by atoms with Crippen molar-refractivity contribution in [2.75, 3.05) is 4.72 Å². The number of halogens is 4. The molecular formula is C22H14Cl4N2O2S. The second-order valence-corrected chi connectivity index (χ2v) is 9.39. The molecule has 0 amide bonds. The molecule has 1 atom stereocenters. The van der Waals surface area contributed by atoms with Gasteiger partial charge in [-0.25, -0.2) is 4.72 Å². The lowest BCUT2D eigenvalue weighted by atomic mass is 10.2. The first-order valence-corrected chi connectivity index (χ1v) is 11.7. The molecule has 1 unspecified atom stereocenters. The molecule has 3 aromatic rings. The molecule has 0 spiro atoms. The number of pyridine rings is 1. The highest BCUT2D eigenvalue weighted by Gasteiger charge is 2.22. The average molecular weight is 512 g/mol. The third kappa shape index (κ3) is 5.32. The van der Waals surface area contributed by atoms with Crippen LogP contribution in [0.2, 0.25) is 10.0 Å². The highest BCUT2D eigenvalue weighted by Crippen LogP contribution is 2.40. The molecule has 1 heterocycles. The van der Waals surface area contributed by atoms with Gasteiger partial charge in [0.25, 0.3) is 0 Å². The molecule has 1 aliphatic carbocycles. The number of hydrogen-bond acceptors (Lipinski definition) is 4. The van der Waals surface area contributed by atoms with Gasteiger partial charge in [-0.15, -0.1) is 0 Å². The Morgan fingerprint density at radius 2 is 1.74 bits per heavy atom. The Morgan fingerprint density at radius 1 is 1.00 bits per heavy atom. The number of nitrogens with one attached hydrogen (secondary N) is 1. The van der Waals surface area contributed by atoms with E-state index in [0.29, 0.717) is 32.8 Å². The van der Waals surface area contributed by atoms with E-state index < -0.39 is 11.4 Å². The maximum atomic E-state index is 12.8. The second kappa shape index (κ2) is 9.74. The van der Waals surface area contributed by atoms with Crippen LogP contribution < -0.4 is 9.46 Å². The summed E-state index contributed by atoms with van der Waals surface area (Å²) in [6, 6.07) is 12.7. The first-order valence-electron chi connectivity index (χ1n) is 9.03. The summed E-state index contributed by atoms with van der Waals surface area (Å²) in [6.45, 7) is 0. The van der Waals surface area contributed by atoms with Gasteiger partial charge in [0.1, 0.15) is 17.1 Å². The number of allylic oxidation sites excluding steroid dienone is 5. The maximum absolute atomic E-state index is 12.8. The predicted octanol–water partition coefficient (Wildman–Crippen LogP) is 7.94. The van der Waals surface area contributed by atoms with E-state index >= 15 is 0 Å². The lowest BCUT2D eigenvalue weighted by Crippen LogP contribution is -2.15. The van der Waals surface area contributed by atoms with Crippen LogP contribution in [0.15, 0.2) is 81.9 Å². The zero-order chi connectivity index (χ0) is 22.0. The molecule has 4 rings (SSSR count). The van der Waals surface area contributed by atoms with Crippen LogP contribution >= 0.6 is 46.4 Å². The standard InChI is InChI=1S/C22H14Cl4N2O2S/c23-14-5-7-17(24)21(8-6-14)31(29)28-15-10-18(25)22(19(26)11-15)30-16-9-13-3-1-2-4-20(13)27-12-16/h1-4,6-12,28H,5H2. The molecule has 1 N–H and O–H groups in total. The van der Waals surface area contributed by atoms with E-state index in [0.717, 1.165) is 10.9 Å². The smallest absolute Gasteiger partial charge is 0.198 e. The Bertz CT molecular complexity index is 1220. The van der Waals surface area contributed by atoms with Gasteiger partial charge in [0.2, 0.25) is 0 Å². The zero-order valence-electron chi connectivity index (χ0n) is 15.7. The van der Waals surface area contributed by atoms with Crippen molar-refractivity contribution in [2.24, 2.45) is 0 Å². The largest absolute Gasteiger partial charge is 0.588 e. The van der Waals surface area contributed by atoms with Crippen LogP contribution in [0.4, 0.5) is 5.69 Å². The summed E-state index contributed by atoms with van der Waals surface area (Å²) in [5.41, 5.74) is 1.30. The number of hydrogen-bond donors (Lipinski definition) is 1. The van der Waals surface area contributed by atoms with Crippen molar-refractivity contribution >= 4 is 74.4 Å². The van der Waals surface area contributed by atoms with Gasteiger partial charge in [-0.2, -0.15) is 0 Å². The molecule has 9 heteroatoms. The Labute approximate surface area is 202 Å². The molecule has 0 aliphatic heterocycles. The van der Waals surface area contributed by atoms with Crippen molar-refractivity contribution in [3.63, 3.8) is 0 Å². The van der Waals surface area contributed by atoms with E-state index in [1.807, 2.05) is 30.3 Å². The van der Waals surface area contributed by atoms with E-state index in [-0.39, 0.29) is 15.8 Å². The monoisotopic (exact) mass is 510 g/mol. The number of para-hydroxylation sites is 1. The van der Waals surface area contributed by atoms with E-state index in [4.69, 9.17) is 51.1 Å². The normalized spacial score (nSPS) is 14.9. The van der Waals surface area contributed by atoms with Gasteiger partial charge >= 0.3 is 0 Å². The molecule has 0 saturated carbocycles. The van der Waals surface area contributed by atoms with Gasteiger partial charge in [-0.1, -0.05) is 70.7 Å². The lowest BCUT2D eigenvalue weighted by Gasteiger charge is -2.15. The number of nitrogens with zero attached hydrogens (tertiary/aromatic N) is 1. The van der Waals surface area contributed by atoms with E-state index in [2.05, 4.69) is 9.71 Å². The molecule has 2 aromatic carbocycles. The van der Waals surface area contributed by atoms with Crippen molar-refractivity contribution in [1.82, 2.24) is 4.98 Å². The first kappa shape index (κ1) is 22.3. The van der Waals surface area contributed by atoms with Gasteiger partial charge in [-0.3, -0.25) is 4.98 Å². The second-order valence-electron chi connectivity index (χ2n) is 6.51. The Balaban J connectivity index is 1.55. The van der Waals surface area contributed by atoms with Crippen molar-refractivity contribution < 1.29 is 9.29 Å². The fourth-order valence-corrected chi connectivity index (χ4v) is 4.80. The summed E-state index contributed by atoms with van der Waals surface area (Å²) in [5, 5.41) is 2.38. The van der Waals surface area contributed by atoms with Gasteiger partial charge in [0.15, 0.2) is 10.7 Å². The van der Waals surface area contributed by atoms with Crippen LogP contribution in [0.1, 0.15) is 6.42 Å². The van der Waals surface area contributed by atoms with Gasteiger partial charge < -0.3 is 9.29 Å². The van der Waals surface area contributed by atoms with Gasteiger partial charge in [0.05, 0.1) is 32.5 Å². The van der Waals surface area contributed by atoms with Gasteiger partial charge in [0, 0.05) is 16.8 Å². The third-order valence-corrected chi connectivity index (χ3v) is 6.81. The van der Waals surface area contributed by atoms with E-state index in [1.54, 1.807) is 36.6 Å². The van der Waals surface area contributed by atoms with Crippen molar-refractivity contribution in [3.05, 3.63) is 91.9 Å². The van der Waals surface area contributed by atoms with E-state index in [9.17, 15) is 4.55 Å². The molecule has 0 saturated heterocycles. The predicted molar refractivity (Wildman–Crippen MR) is 131 cm³/mol. The number of fused-ring (bicyclic) bond motifs is 1. The fourth-order valence-electron chi connectivity index (χ4n) is 2.85. The van der Waals surface area contributed by atoms with E-state index in [1.165, 1.54) is 0 Å². The maximum Gasteiger partial charge on any atom is 0.198 e. The Hall–Kier alpha value is -1.86. The van der Waals surface area contributed by atoms with Crippen LogP contribution in [0.3, 0.4) is 0 Å². The summed E-state index contributed by atoms with van der Waals surface area (Å²) < 4.78 is 21.5. The summed E-state index contributed by atoms with van der Waals surface area (Å²) in [5.74, 6) is 0.772. The summed E-state index contributed by atoms with van der Waals surface area (Å²) in [7, 11) is 0.